The van der Waals surface area contributed by atoms with E-state index < -0.39 is 0 Å². The van der Waals surface area contributed by atoms with Crippen molar-refractivity contribution in [2.45, 2.75) is 58.2 Å². The van der Waals surface area contributed by atoms with Crippen molar-refractivity contribution in [3.05, 3.63) is 11.7 Å². The quantitative estimate of drug-likeness (QED) is 0.813. The van der Waals surface area contributed by atoms with Gasteiger partial charge < -0.3 is 9.42 Å². The summed E-state index contributed by atoms with van der Waals surface area (Å²) >= 11 is 0. The number of rotatable bonds is 5. The van der Waals surface area contributed by atoms with Crippen molar-refractivity contribution in [3.63, 3.8) is 0 Å². The maximum atomic E-state index is 11.7. The molecule has 20 heavy (non-hydrogen) atoms. The second-order valence-corrected chi connectivity index (χ2v) is 5.90. The number of carbonyl (C=O) groups is 1. The number of aromatic nitrogens is 2. The summed E-state index contributed by atoms with van der Waals surface area (Å²) in [5.74, 6) is 1.56. The zero-order valence-corrected chi connectivity index (χ0v) is 12.2. The Kier molecular flexibility index (Phi) is 3.74. The highest BCUT2D eigenvalue weighted by atomic mass is 16.5. The van der Waals surface area contributed by atoms with E-state index in [1.165, 1.54) is 6.42 Å². The molecule has 1 aliphatic carbocycles. The smallest absolute Gasteiger partial charge is 0.223 e. The lowest BCUT2D eigenvalue weighted by Crippen LogP contribution is -2.43. The number of hydrogen-bond donors (Lipinski definition) is 0. The van der Waals surface area contributed by atoms with Crippen LogP contribution in [0.3, 0.4) is 0 Å². The monoisotopic (exact) mass is 278 g/mol. The lowest BCUT2D eigenvalue weighted by Gasteiger charge is -2.29. The van der Waals surface area contributed by atoms with E-state index in [4.69, 9.17) is 4.52 Å². The normalized spacial score (nSPS) is 23.2. The summed E-state index contributed by atoms with van der Waals surface area (Å²) in [7, 11) is 0. The third-order valence-corrected chi connectivity index (χ3v) is 4.21. The van der Waals surface area contributed by atoms with Crippen LogP contribution in [0.1, 0.15) is 44.3 Å². The Balaban J connectivity index is 1.61. The fourth-order valence-corrected chi connectivity index (χ4v) is 3.05. The highest BCUT2D eigenvalue weighted by molar-refractivity contribution is 5.74. The molecule has 0 bridgehead atoms. The first-order chi connectivity index (χ1) is 9.63. The maximum absolute atomic E-state index is 11.7. The molecular weight excluding hydrogens is 256 g/mol. The second-order valence-electron chi connectivity index (χ2n) is 5.90. The summed E-state index contributed by atoms with van der Waals surface area (Å²) in [6.45, 7) is 6.10. The van der Waals surface area contributed by atoms with Crippen LogP contribution in [0.25, 0.3) is 0 Å². The third kappa shape index (κ3) is 3.00. The van der Waals surface area contributed by atoms with Crippen molar-refractivity contribution in [2.24, 2.45) is 0 Å². The van der Waals surface area contributed by atoms with Gasteiger partial charge in [-0.25, -0.2) is 0 Å². The molecule has 0 N–H and O–H groups in total. The predicted molar refractivity (Wildman–Crippen MR) is 72.9 cm³/mol. The maximum Gasteiger partial charge on any atom is 0.223 e. The minimum Gasteiger partial charge on any atom is -0.340 e. The SMILES string of the molecule is CC(=O)N(C[C@H]1CCCN1Cc1noc(C)n1)C1CC1. The molecule has 2 fully saturated rings. The van der Waals surface area contributed by atoms with Crippen molar-refractivity contribution in [3.8, 4) is 0 Å². The van der Waals surface area contributed by atoms with Gasteiger partial charge >= 0.3 is 0 Å². The number of carbonyl (C=O) groups excluding carboxylic acids is 1. The van der Waals surface area contributed by atoms with Gasteiger partial charge in [-0.15, -0.1) is 0 Å². The second kappa shape index (κ2) is 5.52. The summed E-state index contributed by atoms with van der Waals surface area (Å²) in [5.41, 5.74) is 0. The third-order valence-electron chi connectivity index (χ3n) is 4.21. The fourth-order valence-electron chi connectivity index (χ4n) is 3.05. The number of aryl methyl sites for hydroxylation is 1. The summed E-state index contributed by atoms with van der Waals surface area (Å²) in [4.78, 5) is 20.4. The summed E-state index contributed by atoms with van der Waals surface area (Å²) in [5, 5.41) is 3.97. The van der Waals surface area contributed by atoms with Crippen LogP contribution in [0.4, 0.5) is 0 Å². The molecule has 6 heteroatoms. The first-order valence-electron chi connectivity index (χ1n) is 7.44. The highest BCUT2D eigenvalue weighted by Crippen LogP contribution is 2.29. The van der Waals surface area contributed by atoms with Gasteiger partial charge in [0.15, 0.2) is 5.82 Å². The molecule has 1 atom stereocenters. The first-order valence-corrected chi connectivity index (χ1v) is 7.44. The number of likely N-dealkylation sites (tertiary alicyclic amines) is 1. The van der Waals surface area contributed by atoms with Gasteiger partial charge in [0.05, 0.1) is 6.54 Å². The predicted octanol–water partition coefficient (Wildman–Crippen LogP) is 1.35. The fraction of sp³-hybridized carbons (Fsp3) is 0.786. The minimum absolute atomic E-state index is 0.203. The molecule has 1 saturated carbocycles. The van der Waals surface area contributed by atoms with E-state index in [-0.39, 0.29) is 5.91 Å². The highest BCUT2D eigenvalue weighted by Gasteiger charge is 2.35. The van der Waals surface area contributed by atoms with Crippen molar-refractivity contribution < 1.29 is 9.32 Å². The largest absolute Gasteiger partial charge is 0.340 e. The van der Waals surface area contributed by atoms with Crippen LogP contribution >= 0.6 is 0 Å². The Morgan fingerprint density at radius 1 is 1.45 bits per heavy atom. The van der Waals surface area contributed by atoms with E-state index in [1.54, 1.807) is 6.92 Å². The van der Waals surface area contributed by atoms with Gasteiger partial charge in [-0.3, -0.25) is 9.69 Å². The molecule has 6 nitrogen and oxygen atoms in total. The van der Waals surface area contributed by atoms with Crippen LogP contribution < -0.4 is 0 Å². The van der Waals surface area contributed by atoms with Crippen molar-refractivity contribution >= 4 is 5.91 Å². The Bertz CT molecular complexity index is 483. The molecule has 1 aromatic rings. The molecule has 1 saturated heterocycles. The van der Waals surface area contributed by atoms with E-state index in [0.29, 0.717) is 18.0 Å². The van der Waals surface area contributed by atoms with Crippen molar-refractivity contribution in [1.82, 2.24) is 19.9 Å². The Morgan fingerprint density at radius 3 is 2.85 bits per heavy atom. The first kappa shape index (κ1) is 13.5. The van der Waals surface area contributed by atoms with Crippen LogP contribution in [0, 0.1) is 6.92 Å². The molecule has 1 amide bonds. The molecular formula is C14H22N4O2. The van der Waals surface area contributed by atoms with E-state index in [2.05, 4.69) is 15.0 Å². The number of amides is 1. The molecule has 3 rings (SSSR count). The number of nitrogens with zero attached hydrogens (tertiary/aromatic N) is 4. The van der Waals surface area contributed by atoms with Gasteiger partial charge in [-0.2, -0.15) is 4.98 Å². The zero-order chi connectivity index (χ0) is 14.1. The van der Waals surface area contributed by atoms with Crippen LogP contribution in [-0.4, -0.2) is 51.0 Å². The van der Waals surface area contributed by atoms with E-state index >= 15 is 0 Å². The molecule has 1 aromatic heterocycles. The Morgan fingerprint density at radius 2 is 2.25 bits per heavy atom. The average Bonchev–Trinajstić information content (AvgIpc) is 3.02. The lowest BCUT2D eigenvalue weighted by atomic mass is 10.2. The van der Waals surface area contributed by atoms with Gasteiger partial charge in [0, 0.05) is 32.5 Å². The summed E-state index contributed by atoms with van der Waals surface area (Å²) in [6, 6.07) is 0.917. The minimum atomic E-state index is 0.203. The molecule has 0 aromatic carbocycles. The zero-order valence-electron chi connectivity index (χ0n) is 12.2. The lowest BCUT2D eigenvalue weighted by molar-refractivity contribution is -0.130. The number of hydrogen-bond acceptors (Lipinski definition) is 5. The van der Waals surface area contributed by atoms with Crippen LogP contribution in [0.15, 0.2) is 4.52 Å². The molecule has 0 unspecified atom stereocenters. The Labute approximate surface area is 119 Å². The van der Waals surface area contributed by atoms with Crippen LogP contribution in [0.2, 0.25) is 0 Å². The van der Waals surface area contributed by atoms with Gasteiger partial charge in [0.25, 0.3) is 0 Å². The van der Waals surface area contributed by atoms with E-state index in [0.717, 1.165) is 44.7 Å². The van der Waals surface area contributed by atoms with E-state index in [9.17, 15) is 4.79 Å². The van der Waals surface area contributed by atoms with Crippen LogP contribution in [-0.2, 0) is 11.3 Å². The standard InChI is InChI=1S/C14H22N4O2/c1-10-15-14(16-20-10)9-17-7-3-4-13(17)8-18(11(2)19)12-5-6-12/h12-13H,3-9H2,1-2H3/t13-/m1/s1. The molecule has 0 spiro atoms. The molecule has 0 radical (unpaired) electrons. The van der Waals surface area contributed by atoms with Gasteiger partial charge in [-0.1, -0.05) is 5.16 Å². The molecule has 2 heterocycles. The van der Waals surface area contributed by atoms with Gasteiger partial charge in [0.1, 0.15) is 0 Å². The van der Waals surface area contributed by atoms with Crippen LogP contribution in [0.5, 0.6) is 0 Å². The van der Waals surface area contributed by atoms with Gasteiger partial charge in [0.2, 0.25) is 11.8 Å². The molecule has 2 aliphatic rings. The molecule has 1 aliphatic heterocycles. The van der Waals surface area contributed by atoms with Crippen molar-refractivity contribution in [2.75, 3.05) is 13.1 Å². The van der Waals surface area contributed by atoms with Crippen molar-refractivity contribution in [1.29, 1.82) is 0 Å². The Hall–Kier alpha value is -1.43. The molecule has 110 valence electrons. The van der Waals surface area contributed by atoms with Gasteiger partial charge in [-0.05, 0) is 32.2 Å². The summed E-state index contributed by atoms with van der Waals surface area (Å²) < 4.78 is 5.03. The topological polar surface area (TPSA) is 62.5 Å². The van der Waals surface area contributed by atoms with E-state index in [1.807, 2.05) is 11.8 Å². The average molecular weight is 278 g/mol. The summed E-state index contributed by atoms with van der Waals surface area (Å²) in [6.07, 6.45) is 4.65.